The van der Waals surface area contributed by atoms with E-state index in [2.05, 4.69) is 10.2 Å². The molecule has 0 amide bonds. The van der Waals surface area contributed by atoms with Crippen LogP contribution in [0.4, 0.5) is 0 Å². The van der Waals surface area contributed by atoms with Gasteiger partial charge in [-0.25, -0.2) is 0 Å². The first-order chi connectivity index (χ1) is 7.38. The lowest BCUT2D eigenvalue weighted by Crippen LogP contribution is -2.64. The van der Waals surface area contributed by atoms with E-state index in [9.17, 15) is 0 Å². The van der Waals surface area contributed by atoms with Gasteiger partial charge in [0.15, 0.2) is 0 Å². The lowest BCUT2D eigenvalue weighted by atomic mass is 9.72. The molecule has 0 atom stereocenters. The summed E-state index contributed by atoms with van der Waals surface area (Å²) in [6, 6.07) is 0.950. The average molecular weight is 208 g/mol. The van der Waals surface area contributed by atoms with Crippen molar-refractivity contribution >= 4 is 0 Å². The van der Waals surface area contributed by atoms with Crippen molar-refractivity contribution in [3.63, 3.8) is 0 Å². The number of rotatable bonds is 1. The molecule has 0 unspecified atom stereocenters. The summed E-state index contributed by atoms with van der Waals surface area (Å²) < 4.78 is 0. The molecule has 2 heterocycles. The second kappa shape index (κ2) is 4.06. The highest BCUT2D eigenvalue weighted by Gasteiger charge is 2.45. The maximum absolute atomic E-state index is 3.57. The summed E-state index contributed by atoms with van der Waals surface area (Å²) in [5, 5.41) is 3.57. The molecule has 3 aliphatic rings. The van der Waals surface area contributed by atoms with Gasteiger partial charge < -0.3 is 5.32 Å². The van der Waals surface area contributed by atoms with E-state index >= 15 is 0 Å². The van der Waals surface area contributed by atoms with Crippen molar-refractivity contribution in [3.8, 4) is 0 Å². The summed E-state index contributed by atoms with van der Waals surface area (Å²) in [6.07, 6.45) is 10.3. The Morgan fingerprint density at radius 2 is 1.80 bits per heavy atom. The highest BCUT2D eigenvalue weighted by molar-refractivity contribution is 5.00. The van der Waals surface area contributed by atoms with Crippen molar-refractivity contribution in [2.75, 3.05) is 26.2 Å². The molecule has 1 saturated carbocycles. The van der Waals surface area contributed by atoms with Gasteiger partial charge in [0.2, 0.25) is 0 Å². The van der Waals surface area contributed by atoms with E-state index in [1.807, 2.05) is 0 Å². The third-order valence-electron chi connectivity index (χ3n) is 4.73. The van der Waals surface area contributed by atoms with Gasteiger partial charge in [0.1, 0.15) is 0 Å². The van der Waals surface area contributed by atoms with E-state index in [4.69, 9.17) is 0 Å². The Morgan fingerprint density at radius 3 is 2.47 bits per heavy atom. The van der Waals surface area contributed by atoms with E-state index in [0.717, 1.165) is 6.04 Å². The van der Waals surface area contributed by atoms with Crippen molar-refractivity contribution in [2.24, 2.45) is 5.41 Å². The molecular formula is C13H24N2. The molecule has 2 nitrogen and oxygen atoms in total. The Labute approximate surface area is 93.4 Å². The number of nitrogens with one attached hydrogen (secondary N) is 1. The van der Waals surface area contributed by atoms with Crippen LogP contribution in [0.3, 0.4) is 0 Å². The van der Waals surface area contributed by atoms with Crippen LogP contribution in [0.1, 0.15) is 44.9 Å². The molecule has 2 heteroatoms. The predicted octanol–water partition coefficient (Wildman–Crippen LogP) is 2.00. The highest BCUT2D eigenvalue weighted by Crippen LogP contribution is 2.40. The SMILES string of the molecule is C1CCC(N2CC3(CCCNC3)C2)CC1. The van der Waals surface area contributed by atoms with Crippen LogP contribution in [-0.4, -0.2) is 37.1 Å². The van der Waals surface area contributed by atoms with Gasteiger partial charge in [-0.1, -0.05) is 19.3 Å². The summed E-state index contributed by atoms with van der Waals surface area (Å²) in [5.74, 6) is 0. The van der Waals surface area contributed by atoms with Crippen molar-refractivity contribution in [2.45, 2.75) is 51.0 Å². The van der Waals surface area contributed by atoms with Gasteiger partial charge in [0.25, 0.3) is 0 Å². The summed E-state index contributed by atoms with van der Waals surface area (Å²) >= 11 is 0. The number of hydrogen-bond donors (Lipinski definition) is 1. The van der Waals surface area contributed by atoms with Gasteiger partial charge in [0, 0.05) is 31.1 Å². The molecule has 2 aliphatic heterocycles. The number of nitrogens with zero attached hydrogens (tertiary/aromatic N) is 1. The summed E-state index contributed by atoms with van der Waals surface area (Å²) in [6.45, 7) is 5.33. The predicted molar refractivity (Wildman–Crippen MR) is 63.0 cm³/mol. The van der Waals surface area contributed by atoms with Gasteiger partial charge in [-0.05, 0) is 32.2 Å². The van der Waals surface area contributed by atoms with Crippen molar-refractivity contribution in [1.29, 1.82) is 0 Å². The fraction of sp³-hybridized carbons (Fsp3) is 1.00. The van der Waals surface area contributed by atoms with Crippen LogP contribution in [-0.2, 0) is 0 Å². The minimum absolute atomic E-state index is 0.690. The van der Waals surface area contributed by atoms with E-state index in [-0.39, 0.29) is 0 Å². The molecule has 3 fully saturated rings. The van der Waals surface area contributed by atoms with Crippen LogP contribution >= 0.6 is 0 Å². The lowest BCUT2D eigenvalue weighted by molar-refractivity contribution is -0.0540. The molecule has 1 spiro atoms. The maximum Gasteiger partial charge on any atom is 0.00957 e. The quantitative estimate of drug-likeness (QED) is 0.709. The molecule has 86 valence electrons. The average Bonchev–Trinajstić information content (AvgIpc) is 2.28. The fourth-order valence-electron chi connectivity index (χ4n) is 3.82. The van der Waals surface area contributed by atoms with Crippen LogP contribution in [0.15, 0.2) is 0 Å². The molecule has 0 radical (unpaired) electrons. The van der Waals surface area contributed by atoms with E-state index in [1.165, 1.54) is 71.1 Å². The Morgan fingerprint density at radius 1 is 1.00 bits per heavy atom. The second-order valence-electron chi connectivity index (χ2n) is 5.98. The largest absolute Gasteiger partial charge is 0.316 e. The Bertz CT molecular complexity index is 207. The normalized spacial score (nSPS) is 32.8. The molecule has 0 aromatic rings. The van der Waals surface area contributed by atoms with Crippen molar-refractivity contribution in [3.05, 3.63) is 0 Å². The first-order valence-electron chi connectivity index (χ1n) is 6.83. The fourth-order valence-corrected chi connectivity index (χ4v) is 3.82. The topological polar surface area (TPSA) is 15.3 Å². The zero-order chi connectivity index (χ0) is 10.1. The van der Waals surface area contributed by atoms with Gasteiger partial charge in [-0.2, -0.15) is 0 Å². The molecule has 1 N–H and O–H groups in total. The Kier molecular flexibility index (Phi) is 2.73. The van der Waals surface area contributed by atoms with Crippen LogP contribution in [0.25, 0.3) is 0 Å². The van der Waals surface area contributed by atoms with Gasteiger partial charge in [0.05, 0.1) is 0 Å². The van der Waals surface area contributed by atoms with Gasteiger partial charge in [-0.3, -0.25) is 4.90 Å². The zero-order valence-corrected chi connectivity index (χ0v) is 9.80. The molecule has 2 saturated heterocycles. The lowest BCUT2D eigenvalue weighted by Gasteiger charge is -2.56. The first-order valence-corrected chi connectivity index (χ1v) is 6.83. The smallest absolute Gasteiger partial charge is 0.00957 e. The molecule has 15 heavy (non-hydrogen) atoms. The van der Waals surface area contributed by atoms with E-state index in [0.29, 0.717) is 5.41 Å². The van der Waals surface area contributed by atoms with Crippen LogP contribution < -0.4 is 5.32 Å². The van der Waals surface area contributed by atoms with Crippen LogP contribution in [0, 0.1) is 5.41 Å². The highest BCUT2D eigenvalue weighted by atomic mass is 15.2. The number of likely N-dealkylation sites (tertiary alicyclic amines) is 1. The standard InChI is InChI=1S/C13H24N2/c1-2-5-12(6-3-1)15-10-13(11-15)7-4-8-14-9-13/h12,14H,1-11H2. The first kappa shape index (κ1) is 10.1. The molecular weight excluding hydrogens is 184 g/mol. The van der Waals surface area contributed by atoms with Crippen LogP contribution in [0.2, 0.25) is 0 Å². The third kappa shape index (κ3) is 1.94. The van der Waals surface area contributed by atoms with Gasteiger partial charge in [-0.15, -0.1) is 0 Å². The summed E-state index contributed by atoms with van der Waals surface area (Å²) in [7, 11) is 0. The second-order valence-corrected chi connectivity index (χ2v) is 5.98. The molecule has 0 aromatic carbocycles. The minimum Gasteiger partial charge on any atom is -0.316 e. The number of piperidine rings is 1. The maximum atomic E-state index is 3.57. The van der Waals surface area contributed by atoms with Gasteiger partial charge >= 0.3 is 0 Å². The number of hydrogen-bond acceptors (Lipinski definition) is 2. The van der Waals surface area contributed by atoms with Crippen LogP contribution in [0.5, 0.6) is 0 Å². The van der Waals surface area contributed by atoms with E-state index in [1.54, 1.807) is 0 Å². The van der Waals surface area contributed by atoms with E-state index < -0.39 is 0 Å². The Hall–Kier alpha value is -0.0800. The Balaban J connectivity index is 1.51. The van der Waals surface area contributed by atoms with Crippen molar-refractivity contribution in [1.82, 2.24) is 10.2 Å². The minimum atomic E-state index is 0.690. The molecule has 0 aromatic heterocycles. The monoisotopic (exact) mass is 208 g/mol. The third-order valence-corrected chi connectivity index (χ3v) is 4.73. The molecule has 3 rings (SSSR count). The van der Waals surface area contributed by atoms with Crippen molar-refractivity contribution < 1.29 is 0 Å². The molecule has 1 aliphatic carbocycles. The summed E-state index contributed by atoms with van der Waals surface area (Å²) in [4.78, 5) is 2.77. The molecule has 0 bridgehead atoms. The summed E-state index contributed by atoms with van der Waals surface area (Å²) in [5.41, 5.74) is 0.690. The zero-order valence-electron chi connectivity index (χ0n) is 9.80.